The maximum atomic E-state index is 10.8. The minimum Gasteiger partial charge on any atom is -0.487 e. The van der Waals surface area contributed by atoms with E-state index in [9.17, 15) is 10.2 Å². The molecule has 3 heterocycles. The van der Waals surface area contributed by atoms with Crippen molar-refractivity contribution in [3.05, 3.63) is 53.6 Å². The SMILES string of the molecule is Cc1ncnc2c1ccn2[C@@H]1C[C@H](Oc2cccc3c2CCN(C)C3)[C@@H](O)[C@H]1O. The van der Waals surface area contributed by atoms with Gasteiger partial charge in [-0.05, 0) is 43.7 Å². The van der Waals surface area contributed by atoms with Gasteiger partial charge in [0.2, 0.25) is 0 Å². The Bertz CT molecular complexity index is 1050. The summed E-state index contributed by atoms with van der Waals surface area (Å²) in [5.41, 5.74) is 4.15. The first-order valence-electron chi connectivity index (χ1n) is 10.1. The molecule has 0 radical (unpaired) electrons. The van der Waals surface area contributed by atoms with Crippen molar-refractivity contribution in [1.29, 1.82) is 0 Å². The van der Waals surface area contributed by atoms with Crippen molar-refractivity contribution >= 4 is 11.0 Å². The normalized spacial score (nSPS) is 27.3. The van der Waals surface area contributed by atoms with Gasteiger partial charge in [0.1, 0.15) is 36.0 Å². The van der Waals surface area contributed by atoms with Gasteiger partial charge in [0, 0.05) is 31.1 Å². The number of nitrogens with zero attached hydrogens (tertiary/aromatic N) is 4. The van der Waals surface area contributed by atoms with Crippen LogP contribution in [0.5, 0.6) is 5.75 Å². The average Bonchev–Trinajstić information content (AvgIpc) is 3.25. The molecule has 0 bridgehead atoms. The number of likely N-dealkylation sites (N-methyl/N-ethyl adjacent to an activating group) is 1. The average molecular weight is 394 g/mol. The molecule has 2 aliphatic rings. The first-order chi connectivity index (χ1) is 14.0. The van der Waals surface area contributed by atoms with Gasteiger partial charge in [0.25, 0.3) is 0 Å². The van der Waals surface area contributed by atoms with E-state index in [4.69, 9.17) is 4.74 Å². The summed E-state index contributed by atoms with van der Waals surface area (Å²) < 4.78 is 8.22. The third-order valence-electron chi connectivity index (χ3n) is 6.36. The minimum absolute atomic E-state index is 0.299. The van der Waals surface area contributed by atoms with Crippen LogP contribution in [0, 0.1) is 6.92 Å². The number of benzene rings is 1. The Hall–Kier alpha value is -2.48. The summed E-state index contributed by atoms with van der Waals surface area (Å²) in [6.07, 6.45) is 2.54. The van der Waals surface area contributed by atoms with Crippen molar-refractivity contribution in [3.8, 4) is 5.75 Å². The third-order valence-corrected chi connectivity index (χ3v) is 6.36. The lowest BCUT2D eigenvalue weighted by atomic mass is 9.99. The maximum absolute atomic E-state index is 10.8. The summed E-state index contributed by atoms with van der Waals surface area (Å²) in [4.78, 5) is 10.9. The fraction of sp³-hybridized carbons (Fsp3) is 0.455. The molecule has 1 aliphatic carbocycles. The summed E-state index contributed by atoms with van der Waals surface area (Å²) in [5.74, 6) is 0.822. The molecular weight excluding hydrogens is 368 g/mol. The Labute approximate surface area is 169 Å². The molecule has 1 aromatic carbocycles. The number of aromatic nitrogens is 3. The smallest absolute Gasteiger partial charge is 0.143 e. The van der Waals surface area contributed by atoms with E-state index in [0.717, 1.165) is 42.0 Å². The summed E-state index contributed by atoms with van der Waals surface area (Å²) >= 11 is 0. The minimum atomic E-state index is -0.956. The zero-order valence-electron chi connectivity index (χ0n) is 16.7. The van der Waals surface area contributed by atoms with Gasteiger partial charge in [0.15, 0.2) is 0 Å². The number of hydrogen-bond donors (Lipinski definition) is 2. The van der Waals surface area contributed by atoms with E-state index in [2.05, 4.69) is 28.0 Å². The van der Waals surface area contributed by atoms with Crippen molar-refractivity contribution in [2.45, 2.75) is 50.7 Å². The summed E-state index contributed by atoms with van der Waals surface area (Å²) in [6.45, 7) is 3.83. The van der Waals surface area contributed by atoms with Crippen molar-refractivity contribution in [3.63, 3.8) is 0 Å². The highest BCUT2D eigenvalue weighted by molar-refractivity contribution is 5.78. The summed E-state index contributed by atoms with van der Waals surface area (Å²) in [5, 5.41) is 22.5. The van der Waals surface area contributed by atoms with Crippen molar-refractivity contribution in [2.75, 3.05) is 13.6 Å². The molecule has 152 valence electrons. The molecule has 5 rings (SSSR count). The molecule has 4 atom stereocenters. The fourth-order valence-corrected chi connectivity index (χ4v) is 4.71. The standard InChI is InChI=1S/C22H26N4O3/c1-13-15-7-9-26(22(15)24-12-23-13)17-10-19(21(28)20(17)27)29-18-5-3-4-14-11-25(2)8-6-16(14)18/h3-5,7,9,12,17,19-21,27-28H,6,8,10-11H2,1-2H3/t17-,19+,20+,21-/m1/s1. The number of rotatable bonds is 3. The highest BCUT2D eigenvalue weighted by Crippen LogP contribution is 2.37. The van der Waals surface area contributed by atoms with Crippen LogP contribution in [0.3, 0.4) is 0 Å². The molecule has 2 N–H and O–H groups in total. The predicted octanol–water partition coefficient (Wildman–Crippen LogP) is 1.84. The largest absolute Gasteiger partial charge is 0.487 e. The van der Waals surface area contributed by atoms with Crippen LogP contribution >= 0.6 is 0 Å². The third kappa shape index (κ3) is 3.10. The Balaban J connectivity index is 1.42. The van der Waals surface area contributed by atoms with E-state index in [1.54, 1.807) is 0 Å². The van der Waals surface area contributed by atoms with Crippen LogP contribution in [0.2, 0.25) is 0 Å². The molecule has 1 saturated carbocycles. The molecular formula is C22H26N4O3. The number of aryl methyl sites for hydroxylation is 1. The second-order valence-electron chi connectivity index (χ2n) is 8.24. The fourth-order valence-electron chi connectivity index (χ4n) is 4.71. The molecule has 1 fully saturated rings. The Morgan fingerprint density at radius 2 is 2.00 bits per heavy atom. The van der Waals surface area contributed by atoms with E-state index >= 15 is 0 Å². The van der Waals surface area contributed by atoms with Gasteiger partial charge >= 0.3 is 0 Å². The van der Waals surface area contributed by atoms with E-state index in [1.807, 2.05) is 35.9 Å². The van der Waals surface area contributed by atoms with Gasteiger partial charge in [-0.2, -0.15) is 0 Å². The summed E-state index contributed by atoms with van der Waals surface area (Å²) in [6, 6.07) is 7.77. The van der Waals surface area contributed by atoms with E-state index in [1.165, 1.54) is 17.5 Å². The predicted molar refractivity (Wildman–Crippen MR) is 109 cm³/mol. The zero-order valence-corrected chi connectivity index (χ0v) is 16.7. The van der Waals surface area contributed by atoms with Crippen LogP contribution < -0.4 is 4.74 Å². The molecule has 3 aromatic rings. The Morgan fingerprint density at radius 1 is 1.14 bits per heavy atom. The van der Waals surface area contributed by atoms with Crippen LogP contribution in [0.25, 0.3) is 11.0 Å². The Kier molecular flexibility index (Phi) is 4.53. The number of fused-ring (bicyclic) bond motifs is 2. The zero-order chi connectivity index (χ0) is 20.1. The number of hydrogen-bond acceptors (Lipinski definition) is 6. The quantitative estimate of drug-likeness (QED) is 0.705. The maximum Gasteiger partial charge on any atom is 0.143 e. The van der Waals surface area contributed by atoms with E-state index in [0.29, 0.717) is 6.42 Å². The first kappa shape index (κ1) is 18.5. The van der Waals surface area contributed by atoms with E-state index in [-0.39, 0.29) is 6.04 Å². The highest BCUT2D eigenvalue weighted by atomic mass is 16.5. The summed E-state index contributed by atoms with van der Waals surface area (Å²) in [7, 11) is 2.12. The van der Waals surface area contributed by atoms with Crippen molar-refractivity contribution < 1.29 is 14.9 Å². The highest BCUT2D eigenvalue weighted by Gasteiger charge is 2.44. The second kappa shape index (κ2) is 7.09. The van der Waals surface area contributed by atoms with Gasteiger partial charge in [-0.3, -0.25) is 0 Å². The van der Waals surface area contributed by atoms with Crippen LogP contribution in [-0.4, -0.2) is 61.6 Å². The monoisotopic (exact) mass is 394 g/mol. The van der Waals surface area contributed by atoms with Gasteiger partial charge in [-0.1, -0.05) is 12.1 Å². The molecule has 29 heavy (non-hydrogen) atoms. The van der Waals surface area contributed by atoms with Gasteiger partial charge < -0.3 is 24.4 Å². The molecule has 0 spiro atoms. The van der Waals surface area contributed by atoms with Crippen molar-refractivity contribution in [2.24, 2.45) is 0 Å². The topological polar surface area (TPSA) is 83.6 Å². The van der Waals surface area contributed by atoms with Crippen LogP contribution in [0.4, 0.5) is 0 Å². The van der Waals surface area contributed by atoms with Crippen LogP contribution in [-0.2, 0) is 13.0 Å². The lowest BCUT2D eigenvalue weighted by molar-refractivity contribution is -0.0166. The Morgan fingerprint density at radius 3 is 2.86 bits per heavy atom. The molecule has 7 heteroatoms. The number of aliphatic hydroxyl groups is 2. The molecule has 0 saturated heterocycles. The number of ether oxygens (including phenoxy) is 1. The van der Waals surface area contributed by atoms with E-state index < -0.39 is 18.3 Å². The molecule has 7 nitrogen and oxygen atoms in total. The first-order valence-corrected chi connectivity index (χ1v) is 10.1. The molecule has 2 aromatic heterocycles. The lowest BCUT2D eigenvalue weighted by Gasteiger charge is -2.28. The van der Waals surface area contributed by atoms with Gasteiger partial charge in [0.05, 0.1) is 11.7 Å². The van der Waals surface area contributed by atoms with Gasteiger partial charge in [-0.15, -0.1) is 0 Å². The van der Waals surface area contributed by atoms with Gasteiger partial charge in [-0.25, -0.2) is 9.97 Å². The van der Waals surface area contributed by atoms with Crippen molar-refractivity contribution in [1.82, 2.24) is 19.4 Å². The lowest BCUT2D eigenvalue weighted by Crippen LogP contribution is -2.34. The van der Waals surface area contributed by atoms with Crippen LogP contribution in [0.1, 0.15) is 29.3 Å². The molecule has 1 aliphatic heterocycles. The van der Waals surface area contributed by atoms with Crippen LogP contribution in [0.15, 0.2) is 36.8 Å². The molecule has 0 amide bonds. The molecule has 0 unspecified atom stereocenters. The number of aliphatic hydroxyl groups excluding tert-OH is 2. The second-order valence-corrected chi connectivity index (χ2v) is 8.24.